The standard InChI is InChI=1S/C14H19N3O2S/c1-20-10-5-3-2-4-9-17-12-8-6-7-11(14(18)19)13(12)15-16-17/h6-8H,2-5,9-10H2,1H3,(H,18,19). The molecule has 0 fully saturated rings. The van der Waals surface area contributed by atoms with E-state index in [2.05, 4.69) is 16.6 Å². The van der Waals surface area contributed by atoms with Crippen LogP contribution in [0.3, 0.4) is 0 Å². The average Bonchev–Trinajstić information content (AvgIpc) is 2.85. The van der Waals surface area contributed by atoms with Crippen molar-refractivity contribution in [1.29, 1.82) is 0 Å². The van der Waals surface area contributed by atoms with Crippen molar-refractivity contribution in [3.05, 3.63) is 23.8 Å². The Labute approximate surface area is 122 Å². The molecule has 2 rings (SSSR count). The number of rotatable bonds is 8. The molecule has 6 heteroatoms. The summed E-state index contributed by atoms with van der Waals surface area (Å²) in [6.07, 6.45) is 6.82. The van der Waals surface area contributed by atoms with Gasteiger partial charge in [-0.3, -0.25) is 0 Å². The molecule has 2 aromatic rings. The Morgan fingerprint density at radius 1 is 1.30 bits per heavy atom. The molecular formula is C14H19N3O2S. The fourth-order valence-corrected chi connectivity index (χ4v) is 2.68. The molecule has 0 spiro atoms. The summed E-state index contributed by atoms with van der Waals surface area (Å²) in [4.78, 5) is 11.1. The van der Waals surface area contributed by atoms with E-state index in [4.69, 9.17) is 5.11 Å². The van der Waals surface area contributed by atoms with Gasteiger partial charge in [0.15, 0.2) is 0 Å². The highest BCUT2D eigenvalue weighted by Gasteiger charge is 2.13. The van der Waals surface area contributed by atoms with Gasteiger partial charge in [-0.1, -0.05) is 24.1 Å². The summed E-state index contributed by atoms with van der Waals surface area (Å²) in [5.41, 5.74) is 1.49. The maximum Gasteiger partial charge on any atom is 0.338 e. The normalized spacial score (nSPS) is 11.1. The molecule has 0 amide bonds. The Hall–Kier alpha value is -1.56. The van der Waals surface area contributed by atoms with E-state index in [0.29, 0.717) is 5.52 Å². The molecule has 0 saturated heterocycles. The molecule has 108 valence electrons. The maximum absolute atomic E-state index is 11.1. The van der Waals surface area contributed by atoms with Gasteiger partial charge in [-0.25, -0.2) is 9.48 Å². The van der Waals surface area contributed by atoms with Crippen molar-refractivity contribution in [3.8, 4) is 0 Å². The number of aromatic nitrogens is 3. The van der Waals surface area contributed by atoms with Gasteiger partial charge in [0.05, 0.1) is 11.1 Å². The van der Waals surface area contributed by atoms with Crippen molar-refractivity contribution < 1.29 is 9.90 Å². The minimum atomic E-state index is -0.959. The number of carbonyl (C=O) groups is 1. The third kappa shape index (κ3) is 3.50. The van der Waals surface area contributed by atoms with E-state index in [9.17, 15) is 4.79 Å². The zero-order valence-corrected chi connectivity index (χ0v) is 12.4. The molecule has 0 unspecified atom stereocenters. The first-order valence-electron chi connectivity index (χ1n) is 6.78. The minimum absolute atomic E-state index is 0.216. The van der Waals surface area contributed by atoms with Crippen molar-refractivity contribution in [2.45, 2.75) is 32.2 Å². The molecule has 0 aliphatic heterocycles. The van der Waals surface area contributed by atoms with Gasteiger partial charge < -0.3 is 5.11 Å². The predicted molar refractivity (Wildman–Crippen MR) is 81.3 cm³/mol. The Morgan fingerprint density at radius 3 is 2.85 bits per heavy atom. The number of thioether (sulfide) groups is 1. The molecule has 0 bridgehead atoms. The van der Waals surface area contributed by atoms with Gasteiger partial charge in [0.1, 0.15) is 5.52 Å². The number of carboxylic acid groups (broad SMARTS) is 1. The molecule has 0 radical (unpaired) electrons. The van der Waals surface area contributed by atoms with Gasteiger partial charge in [-0.05, 0) is 37.0 Å². The second-order valence-electron chi connectivity index (χ2n) is 4.70. The summed E-state index contributed by atoms with van der Waals surface area (Å²) >= 11 is 1.88. The molecule has 1 aromatic heterocycles. The molecule has 0 aliphatic rings. The fourth-order valence-electron chi connectivity index (χ4n) is 2.19. The summed E-state index contributed by atoms with van der Waals surface area (Å²) < 4.78 is 1.80. The van der Waals surface area contributed by atoms with Crippen LogP contribution < -0.4 is 0 Å². The third-order valence-corrected chi connectivity index (χ3v) is 3.94. The van der Waals surface area contributed by atoms with Crippen molar-refractivity contribution in [3.63, 3.8) is 0 Å². The van der Waals surface area contributed by atoms with Crippen LogP contribution in [-0.4, -0.2) is 38.1 Å². The molecule has 0 atom stereocenters. The number of hydrogen-bond acceptors (Lipinski definition) is 4. The number of nitrogens with zero attached hydrogens (tertiary/aromatic N) is 3. The number of unbranched alkanes of at least 4 members (excludes halogenated alkanes) is 3. The lowest BCUT2D eigenvalue weighted by Gasteiger charge is -2.03. The molecule has 20 heavy (non-hydrogen) atoms. The molecule has 1 aromatic carbocycles. The van der Waals surface area contributed by atoms with Gasteiger partial charge >= 0.3 is 5.97 Å². The van der Waals surface area contributed by atoms with Gasteiger partial charge in [-0.2, -0.15) is 11.8 Å². The first-order chi connectivity index (χ1) is 9.74. The van der Waals surface area contributed by atoms with E-state index in [1.807, 2.05) is 17.8 Å². The number of benzene rings is 1. The highest BCUT2D eigenvalue weighted by molar-refractivity contribution is 7.98. The topological polar surface area (TPSA) is 68.0 Å². The zero-order chi connectivity index (χ0) is 14.4. The van der Waals surface area contributed by atoms with Crippen LogP contribution in [0.1, 0.15) is 36.0 Å². The van der Waals surface area contributed by atoms with E-state index in [-0.39, 0.29) is 5.56 Å². The highest BCUT2D eigenvalue weighted by Crippen LogP contribution is 2.17. The van der Waals surface area contributed by atoms with Crippen molar-refractivity contribution in [1.82, 2.24) is 15.0 Å². The number of aryl methyl sites for hydroxylation is 1. The van der Waals surface area contributed by atoms with Crippen LogP contribution in [0.5, 0.6) is 0 Å². The molecular weight excluding hydrogens is 274 g/mol. The van der Waals surface area contributed by atoms with Crippen LogP contribution in [0, 0.1) is 0 Å². The van der Waals surface area contributed by atoms with Crippen LogP contribution in [0.2, 0.25) is 0 Å². The number of hydrogen-bond donors (Lipinski definition) is 1. The summed E-state index contributed by atoms with van der Waals surface area (Å²) in [5, 5.41) is 17.2. The Balaban J connectivity index is 1.98. The lowest BCUT2D eigenvalue weighted by Crippen LogP contribution is -2.01. The fraction of sp³-hybridized carbons (Fsp3) is 0.500. The second kappa shape index (κ2) is 7.28. The summed E-state index contributed by atoms with van der Waals surface area (Å²) in [6.45, 7) is 0.791. The minimum Gasteiger partial charge on any atom is -0.478 e. The molecule has 1 heterocycles. The Bertz CT molecular complexity index is 583. The van der Waals surface area contributed by atoms with Gasteiger partial charge in [0, 0.05) is 6.54 Å². The quantitative estimate of drug-likeness (QED) is 0.758. The zero-order valence-electron chi connectivity index (χ0n) is 11.6. The monoisotopic (exact) mass is 293 g/mol. The van der Waals surface area contributed by atoms with Gasteiger partial charge in [0.25, 0.3) is 0 Å². The van der Waals surface area contributed by atoms with Gasteiger partial charge in [-0.15, -0.1) is 5.10 Å². The smallest absolute Gasteiger partial charge is 0.338 e. The summed E-state index contributed by atoms with van der Waals surface area (Å²) in [7, 11) is 0. The van der Waals surface area contributed by atoms with Crippen LogP contribution in [0.4, 0.5) is 0 Å². The average molecular weight is 293 g/mol. The Morgan fingerprint density at radius 2 is 2.10 bits per heavy atom. The lowest BCUT2D eigenvalue weighted by molar-refractivity contribution is 0.0699. The van der Waals surface area contributed by atoms with Crippen molar-refractivity contribution in [2.75, 3.05) is 12.0 Å². The molecule has 5 nitrogen and oxygen atoms in total. The van der Waals surface area contributed by atoms with E-state index in [1.54, 1.807) is 16.8 Å². The SMILES string of the molecule is CSCCCCCCn1nnc2c(C(=O)O)cccc21. The van der Waals surface area contributed by atoms with Crippen LogP contribution >= 0.6 is 11.8 Å². The van der Waals surface area contributed by atoms with E-state index in [0.717, 1.165) is 18.5 Å². The Kier molecular flexibility index (Phi) is 5.40. The number of fused-ring (bicyclic) bond motifs is 1. The van der Waals surface area contributed by atoms with E-state index in [1.165, 1.54) is 25.0 Å². The first kappa shape index (κ1) is 14.8. The lowest BCUT2D eigenvalue weighted by atomic mass is 10.2. The maximum atomic E-state index is 11.1. The summed E-state index contributed by atoms with van der Waals surface area (Å²) in [6, 6.07) is 5.17. The predicted octanol–water partition coefficient (Wildman–Crippen LogP) is 3.05. The van der Waals surface area contributed by atoms with Crippen LogP contribution in [-0.2, 0) is 6.54 Å². The number of carboxylic acids is 1. The second-order valence-corrected chi connectivity index (χ2v) is 5.68. The van der Waals surface area contributed by atoms with Gasteiger partial charge in [0.2, 0.25) is 0 Å². The van der Waals surface area contributed by atoms with Crippen LogP contribution in [0.25, 0.3) is 11.0 Å². The molecule has 0 aliphatic carbocycles. The van der Waals surface area contributed by atoms with E-state index < -0.39 is 5.97 Å². The third-order valence-electron chi connectivity index (χ3n) is 3.24. The largest absolute Gasteiger partial charge is 0.478 e. The number of aromatic carboxylic acids is 1. The van der Waals surface area contributed by atoms with Crippen LogP contribution in [0.15, 0.2) is 18.2 Å². The van der Waals surface area contributed by atoms with E-state index >= 15 is 0 Å². The van der Waals surface area contributed by atoms with Crippen molar-refractivity contribution in [2.24, 2.45) is 0 Å². The summed E-state index contributed by atoms with van der Waals surface area (Å²) in [5.74, 6) is 0.258. The first-order valence-corrected chi connectivity index (χ1v) is 8.18. The molecule has 0 saturated carbocycles. The highest BCUT2D eigenvalue weighted by atomic mass is 32.2. The molecule has 1 N–H and O–H groups in total. The van der Waals surface area contributed by atoms with Crippen molar-refractivity contribution >= 4 is 28.8 Å².